The zero-order chi connectivity index (χ0) is 17.0. The second-order valence-corrected chi connectivity index (χ2v) is 6.85. The van der Waals surface area contributed by atoms with Gasteiger partial charge in [-0.05, 0) is 45.1 Å². The second-order valence-electron chi connectivity index (χ2n) is 6.44. The molecule has 23 heavy (non-hydrogen) atoms. The van der Waals surface area contributed by atoms with Crippen molar-refractivity contribution >= 4 is 23.3 Å². The molecule has 0 bridgehead atoms. The number of aliphatic hydroxyl groups is 1. The summed E-state index contributed by atoms with van der Waals surface area (Å²) in [5.74, 6) is -0.515. The van der Waals surface area contributed by atoms with Gasteiger partial charge in [0.2, 0.25) is 0 Å². The van der Waals surface area contributed by atoms with E-state index in [0.29, 0.717) is 18.8 Å². The molecule has 0 atom stereocenters. The molecule has 1 saturated heterocycles. The lowest BCUT2D eigenvalue weighted by Gasteiger charge is -2.42. The van der Waals surface area contributed by atoms with E-state index < -0.39 is 5.82 Å². The van der Waals surface area contributed by atoms with E-state index in [9.17, 15) is 14.3 Å². The number of nitrogens with one attached hydrogen (secondary N) is 1. The molecule has 1 aliphatic rings. The van der Waals surface area contributed by atoms with Gasteiger partial charge in [0.05, 0.1) is 11.6 Å². The Kier molecular flexibility index (Phi) is 5.84. The van der Waals surface area contributed by atoms with Gasteiger partial charge >= 0.3 is 6.03 Å². The lowest BCUT2D eigenvalue weighted by atomic mass is 9.79. The van der Waals surface area contributed by atoms with Gasteiger partial charge in [0.25, 0.3) is 0 Å². The van der Waals surface area contributed by atoms with Crippen LogP contribution in [0.1, 0.15) is 12.8 Å². The number of benzene rings is 1. The first-order chi connectivity index (χ1) is 10.8. The van der Waals surface area contributed by atoms with E-state index >= 15 is 0 Å². The van der Waals surface area contributed by atoms with Crippen LogP contribution in [0, 0.1) is 11.2 Å². The zero-order valence-electron chi connectivity index (χ0n) is 13.5. The van der Waals surface area contributed by atoms with Crippen molar-refractivity contribution in [2.75, 3.05) is 45.7 Å². The molecule has 1 aromatic rings. The van der Waals surface area contributed by atoms with Gasteiger partial charge in [-0.25, -0.2) is 9.18 Å². The number of likely N-dealkylation sites (tertiary alicyclic amines) is 1. The maximum absolute atomic E-state index is 13.1. The van der Waals surface area contributed by atoms with E-state index in [2.05, 4.69) is 10.2 Å². The normalized spacial score (nSPS) is 17.4. The van der Waals surface area contributed by atoms with Crippen molar-refractivity contribution in [1.82, 2.24) is 9.80 Å². The van der Waals surface area contributed by atoms with Gasteiger partial charge in [-0.1, -0.05) is 11.6 Å². The number of halogens is 2. The minimum Gasteiger partial charge on any atom is -0.396 e. The molecule has 2 amide bonds. The molecule has 1 aromatic carbocycles. The Hall–Kier alpha value is -1.37. The molecule has 0 aliphatic carbocycles. The van der Waals surface area contributed by atoms with Crippen molar-refractivity contribution in [3.8, 4) is 0 Å². The van der Waals surface area contributed by atoms with Crippen LogP contribution in [0.4, 0.5) is 14.9 Å². The molecular weight excluding hydrogens is 321 g/mol. The van der Waals surface area contributed by atoms with E-state index in [1.54, 1.807) is 4.90 Å². The number of anilines is 1. The van der Waals surface area contributed by atoms with Crippen LogP contribution >= 0.6 is 11.6 Å². The van der Waals surface area contributed by atoms with Gasteiger partial charge in [0.1, 0.15) is 5.82 Å². The molecule has 1 fully saturated rings. The molecule has 1 aliphatic heterocycles. The molecule has 0 saturated carbocycles. The number of rotatable bonds is 4. The summed E-state index contributed by atoms with van der Waals surface area (Å²) >= 11 is 5.72. The minimum atomic E-state index is -0.515. The molecule has 1 heterocycles. The molecular formula is C16H23ClFN3O2. The van der Waals surface area contributed by atoms with Crippen LogP contribution < -0.4 is 5.32 Å². The minimum absolute atomic E-state index is 0.0216. The third-order valence-electron chi connectivity index (χ3n) is 4.27. The van der Waals surface area contributed by atoms with Crippen LogP contribution in [0.2, 0.25) is 5.02 Å². The van der Waals surface area contributed by atoms with Gasteiger partial charge in [0.15, 0.2) is 0 Å². The fraction of sp³-hybridized carbons (Fsp3) is 0.562. The van der Waals surface area contributed by atoms with Crippen LogP contribution in [-0.2, 0) is 0 Å². The monoisotopic (exact) mass is 343 g/mol. The third kappa shape index (κ3) is 4.56. The van der Waals surface area contributed by atoms with Crippen LogP contribution in [-0.4, -0.2) is 61.3 Å². The van der Waals surface area contributed by atoms with Gasteiger partial charge in [-0.2, -0.15) is 0 Å². The SMILES string of the molecule is CN(C)CC1(CO)CCN(C(=O)Nc2ccc(F)c(Cl)c2)CC1. The number of amides is 2. The highest BCUT2D eigenvalue weighted by Gasteiger charge is 2.35. The first-order valence-corrected chi connectivity index (χ1v) is 8.00. The molecule has 5 nitrogen and oxygen atoms in total. The smallest absolute Gasteiger partial charge is 0.321 e. The highest BCUT2D eigenvalue weighted by Crippen LogP contribution is 2.32. The van der Waals surface area contributed by atoms with E-state index in [0.717, 1.165) is 19.4 Å². The number of carbonyl (C=O) groups excluding carboxylic acids is 1. The third-order valence-corrected chi connectivity index (χ3v) is 4.56. The van der Waals surface area contributed by atoms with Gasteiger partial charge in [0, 0.05) is 30.7 Å². The maximum Gasteiger partial charge on any atom is 0.321 e. The van der Waals surface area contributed by atoms with Crippen LogP contribution in [0.3, 0.4) is 0 Å². The lowest BCUT2D eigenvalue weighted by Crippen LogP contribution is -2.49. The Morgan fingerprint density at radius 2 is 2.09 bits per heavy atom. The average molecular weight is 344 g/mol. The Balaban J connectivity index is 1.94. The quantitative estimate of drug-likeness (QED) is 0.883. The molecule has 7 heteroatoms. The summed E-state index contributed by atoms with van der Waals surface area (Å²) in [6, 6.07) is 3.86. The fourth-order valence-corrected chi connectivity index (χ4v) is 3.18. The first kappa shape index (κ1) is 18.0. The number of nitrogens with zero attached hydrogens (tertiary/aromatic N) is 2. The van der Waals surface area contributed by atoms with Gasteiger partial charge in [-0.15, -0.1) is 0 Å². The summed E-state index contributed by atoms with van der Waals surface area (Å²) in [5.41, 5.74) is 0.313. The molecule has 0 spiro atoms. The number of hydrogen-bond donors (Lipinski definition) is 2. The van der Waals surface area contributed by atoms with Crippen molar-refractivity contribution in [2.45, 2.75) is 12.8 Å². The number of aliphatic hydroxyl groups excluding tert-OH is 1. The van der Waals surface area contributed by atoms with Crippen molar-refractivity contribution in [3.05, 3.63) is 29.0 Å². The zero-order valence-corrected chi connectivity index (χ0v) is 14.2. The summed E-state index contributed by atoms with van der Waals surface area (Å²) in [6.45, 7) is 2.07. The van der Waals surface area contributed by atoms with E-state index in [4.69, 9.17) is 11.6 Å². The van der Waals surface area contributed by atoms with Crippen molar-refractivity contribution in [1.29, 1.82) is 0 Å². The topological polar surface area (TPSA) is 55.8 Å². The number of piperidine rings is 1. The van der Waals surface area contributed by atoms with Gasteiger partial charge in [-0.3, -0.25) is 0 Å². The summed E-state index contributed by atoms with van der Waals surface area (Å²) < 4.78 is 13.1. The maximum atomic E-state index is 13.1. The highest BCUT2D eigenvalue weighted by molar-refractivity contribution is 6.31. The van der Waals surface area contributed by atoms with Crippen molar-refractivity contribution in [3.63, 3.8) is 0 Å². The van der Waals surface area contributed by atoms with Crippen molar-refractivity contribution in [2.24, 2.45) is 5.41 Å². The Morgan fingerprint density at radius 3 is 2.61 bits per heavy atom. The molecule has 0 radical (unpaired) electrons. The average Bonchev–Trinajstić information content (AvgIpc) is 2.51. The standard InChI is InChI=1S/C16H23ClFN3O2/c1-20(2)10-16(11-22)5-7-21(8-6-16)15(23)19-12-3-4-14(18)13(17)9-12/h3-4,9,22H,5-8,10-11H2,1-2H3,(H,19,23). The summed E-state index contributed by atoms with van der Waals surface area (Å²) in [4.78, 5) is 16.1. The lowest BCUT2D eigenvalue weighted by molar-refractivity contribution is 0.0358. The fourth-order valence-electron chi connectivity index (χ4n) is 3.00. The Labute approximate surface area is 141 Å². The number of carbonyl (C=O) groups is 1. The predicted octanol–water partition coefficient (Wildman–Crippen LogP) is 2.65. The number of hydrogen-bond acceptors (Lipinski definition) is 3. The second kappa shape index (κ2) is 7.47. The van der Waals surface area contributed by atoms with E-state index in [1.165, 1.54) is 18.2 Å². The summed E-state index contributed by atoms with van der Waals surface area (Å²) in [7, 11) is 3.96. The first-order valence-electron chi connectivity index (χ1n) is 7.62. The van der Waals surface area contributed by atoms with E-state index in [1.807, 2.05) is 14.1 Å². The van der Waals surface area contributed by atoms with E-state index in [-0.39, 0.29) is 23.1 Å². The van der Waals surface area contributed by atoms with Crippen LogP contribution in [0.5, 0.6) is 0 Å². The highest BCUT2D eigenvalue weighted by atomic mass is 35.5. The van der Waals surface area contributed by atoms with Crippen molar-refractivity contribution < 1.29 is 14.3 Å². The Morgan fingerprint density at radius 1 is 1.43 bits per heavy atom. The molecule has 0 aromatic heterocycles. The van der Waals surface area contributed by atoms with Gasteiger partial charge < -0.3 is 20.2 Å². The largest absolute Gasteiger partial charge is 0.396 e. The molecule has 2 N–H and O–H groups in total. The summed E-state index contributed by atoms with van der Waals surface area (Å²) in [5, 5.41) is 12.4. The van der Waals surface area contributed by atoms with Crippen LogP contribution in [0.15, 0.2) is 18.2 Å². The Bertz CT molecular complexity index is 560. The predicted molar refractivity (Wildman–Crippen MR) is 89.3 cm³/mol. The molecule has 0 unspecified atom stereocenters. The number of urea groups is 1. The van der Waals surface area contributed by atoms with Crippen LogP contribution in [0.25, 0.3) is 0 Å². The molecule has 2 rings (SSSR count). The summed E-state index contributed by atoms with van der Waals surface area (Å²) in [6.07, 6.45) is 1.50. The molecule has 128 valence electrons.